The maximum Gasteiger partial charge on any atom is 0.0776 e. The van der Waals surface area contributed by atoms with Crippen molar-refractivity contribution in [2.75, 3.05) is 13.2 Å². The van der Waals surface area contributed by atoms with Crippen molar-refractivity contribution < 1.29 is 9.84 Å². The van der Waals surface area contributed by atoms with Gasteiger partial charge in [0.05, 0.1) is 12.7 Å². The molecule has 15 heavy (non-hydrogen) atoms. The highest BCUT2D eigenvalue weighted by Gasteiger charge is 2.04. The molecule has 0 heterocycles. The number of aryl methyl sites for hydroxylation is 2. The Morgan fingerprint density at radius 3 is 2.87 bits per heavy atom. The van der Waals surface area contributed by atoms with Crippen molar-refractivity contribution in [3.63, 3.8) is 0 Å². The van der Waals surface area contributed by atoms with Crippen molar-refractivity contribution in [2.24, 2.45) is 0 Å². The Labute approximate surface area is 91.9 Å². The molecule has 0 saturated carbocycles. The van der Waals surface area contributed by atoms with Gasteiger partial charge in [0.25, 0.3) is 0 Å². The fraction of sp³-hybridized carbons (Fsp3) is 0.538. The Balaban J connectivity index is 2.30. The highest BCUT2D eigenvalue weighted by Crippen LogP contribution is 2.08. The second-order valence-corrected chi connectivity index (χ2v) is 3.84. The lowest BCUT2D eigenvalue weighted by Crippen LogP contribution is -2.16. The smallest absolute Gasteiger partial charge is 0.0776 e. The minimum absolute atomic E-state index is 0.342. The minimum Gasteiger partial charge on any atom is -0.391 e. The molecule has 84 valence electrons. The van der Waals surface area contributed by atoms with E-state index in [1.807, 2.05) is 6.92 Å². The summed E-state index contributed by atoms with van der Waals surface area (Å²) in [6.45, 7) is 5.14. The van der Waals surface area contributed by atoms with Crippen molar-refractivity contribution in [3.05, 3.63) is 35.4 Å². The Kier molecular flexibility index (Phi) is 5.37. The third-order valence-electron chi connectivity index (χ3n) is 2.36. The summed E-state index contributed by atoms with van der Waals surface area (Å²) in [6.07, 6.45) is 1.34. The molecule has 2 heteroatoms. The van der Waals surface area contributed by atoms with Crippen LogP contribution in [0.3, 0.4) is 0 Å². The molecule has 0 aliphatic rings. The Hall–Kier alpha value is -0.860. The quantitative estimate of drug-likeness (QED) is 0.777. The van der Waals surface area contributed by atoms with Crippen LogP contribution >= 0.6 is 0 Å². The van der Waals surface area contributed by atoms with E-state index in [-0.39, 0.29) is 6.10 Å². The average Bonchev–Trinajstić information content (AvgIpc) is 2.23. The van der Waals surface area contributed by atoms with Crippen LogP contribution in [-0.4, -0.2) is 24.4 Å². The number of aliphatic hydroxyl groups is 1. The highest BCUT2D eigenvalue weighted by molar-refractivity contribution is 5.22. The van der Waals surface area contributed by atoms with Gasteiger partial charge in [-0.05, 0) is 32.3 Å². The van der Waals surface area contributed by atoms with E-state index < -0.39 is 0 Å². The summed E-state index contributed by atoms with van der Waals surface area (Å²) in [5.74, 6) is 0. The molecule has 0 saturated heterocycles. The van der Waals surface area contributed by atoms with Crippen molar-refractivity contribution >= 4 is 0 Å². The first-order chi connectivity index (χ1) is 7.22. The van der Waals surface area contributed by atoms with Crippen LogP contribution in [0.25, 0.3) is 0 Å². The zero-order chi connectivity index (χ0) is 11.1. The molecule has 0 radical (unpaired) electrons. The first kappa shape index (κ1) is 12.2. The van der Waals surface area contributed by atoms with Gasteiger partial charge >= 0.3 is 0 Å². The topological polar surface area (TPSA) is 29.5 Å². The van der Waals surface area contributed by atoms with Gasteiger partial charge in [0.2, 0.25) is 0 Å². The standard InChI is InChI=1S/C13H20O2/c1-3-15-10-13(14)8-7-12-6-4-5-11(2)9-12/h4-6,9,13-14H,3,7-8,10H2,1-2H3. The SMILES string of the molecule is CCOCC(O)CCc1cccc(C)c1. The van der Waals surface area contributed by atoms with E-state index in [9.17, 15) is 5.11 Å². The summed E-state index contributed by atoms with van der Waals surface area (Å²) in [4.78, 5) is 0. The normalized spacial score (nSPS) is 12.7. The molecule has 1 rings (SSSR count). The van der Waals surface area contributed by atoms with Gasteiger partial charge in [-0.1, -0.05) is 29.8 Å². The molecule has 1 aromatic carbocycles. The van der Waals surface area contributed by atoms with Gasteiger partial charge in [0.15, 0.2) is 0 Å². The molecule has 0 aliphatic heterocycles. The lowest BCUT2D eigenvalue weighted by molar-refractivity contribution is 0.0384. The van der Waals surface area contributed by atoms with E-state index in [1.54, 1.807) is 0 Å². The Morgan fingerprint density at radius 2 is 2.20 bits per heavy atom. The Bertz CT molecular complexity index is 284. The zero-order valence-electron chi connectivity index (χ0n) is 9.57. The van der Waals surface area contributed by atoms with Gasteiger partial charge in [-0.3, -0.25) is 0 Å². The predicted octanol–water partition coefficient (Wildman–Crippen LogP) is 2.33. The minimum atomic E-state index is -0.342. The van der Waals surface area contributed by atoms with Crippen molar-refractivity contribution in [1.29, 1.82) is 0 Å². The third kappa shape index (κ3) is 4.96. The van der Waals surface area contributed by atoms with Gasteiger partial charge in [-0.25, -0.2) is 0 Å². The highest BCUT2D eigenvalue weighted by atomic mass is 16.5. The summed E-state index contributed by atoms with van der Waals surface area (Å²) in [6, 6.07) is 8.40. The monoisotopic (exact) mass is 208 g/mol. The number of rotatable bonds is 6. The maximum atomic E-state index is 9.59. The Morgan fingerprint density at radius 1 is 1.40 bits per heavy atom. The number of aliphatic hydroxyl groups excluding tert-OH is 1. The van der Waals surface area contributed by atoms with Gasteiger partial charge in [0.1, 0.15) is 0 Å². The van der Waals surface area contributed by atoms with E-state index in [0.29, 0.717) is 13.2 Å². The molecule has 1 N–H and O–H groups in total. The summed E-state index contributed by atoms with van der Waals surface area (Å²) >= 11 is 0. The largest absolute Gasteiger partial charge is 0.391 e. The average molecular weight is 208 g/mol. The van der Waals surface area contributed by atoms with Crippen LogP contribution < -0.4 is 0 Å². The number of hydrogen-bond donors (Lipinski definition) is 1. The second-order valence-electron chi connectivity index (χ2n) is 3.84. The number of hydrogen-bond acceptors (Lipinski definition) is 2. The fourth-order valence-electron chi connectivity index (χ4n) is 1.54. The summed E-state index contributed by atoms with van der Waals surface area (Å²) < 4.78 is 5.16. The third-order valence-corrected chi connectivity index (χ3v) is 2.36. The second kappa shape index (κ2) is 6.59. The summed E-state index contributed by atoms with van der Waals surface area (Å²) in [7, 11) is 0. The molecule has 0 bridgehead atoms. The lowest BCUT2D eigenvalue weighted by atomic mass is 10.1. The van der Waals surface area contributed by atoms with E-state index in [0.717, 1.165) is 12.8 Å². The van der Waals surface area contributed by atoms with Crippen LogP contribution in [0.4, 0.5) is 0 Å². The lowest BCUT2D eigenvalue weighted by Gasteiger charge is -2.10. The number of ether oxygens (including phenoxy) is 1. The van der Waals surface area contributed by atoms with Crippen LogP contribution in [0, 0.1) is 6.92 Å². The van der Waals surface area contributed by atoms with Crippen molar-refractivity contribution in [2.45, 2.75) is 32.8 Å². The van der Waals surface area contributed by atoms with E-state index in [1.165, 1.54) is 11.1 Å². The number of benzene rings is 1. The first-order valence-electron chi connectivity index (χ1n) is 5.53. The van der Waals surface area contributed by atoms with Gasteiger partial charge < -0.3 is 9.84 Å². The maximum absolute atomic E-state index is 9.59. The molecule has 1 aromatic rings. The van der Waals surface area contributed by atoms with Crippen molar-refractivity contribution in [3.8, 4) is 0 Å². The van der Waals surface area contributed by atoms with Crippen molar-refractivity contribution in [1.82, 2.24) is 0 Å². The first-order valence-corrected chi connectivity index (χ1v) is 5.53. The van der Waals surface area contributed by atoms with Crippen LogP contribution in [-0.2, 0) is 11.2 Å². The summed E-state index contributed by atoms with van der Waals surface area (Å²) in [5, 5.41) is 9.59. The fourth-order valence-corrected chi connectivity index (χ4v) is 1.54. The summed E-state index contributed by atoms with van der Waals surface area (Å²) in [5.41, 5.74) is 2.55. The molecule has 0 amide bonds. The van der Waals surface area contributed by atoms with E-state index in [4.69, 9.17) is 4.74 Å². The van der Waals surface area contributed by atoms with Crippen LogP contribution in [0.1, 0.15) is 24.5 Å². The van der Waals surface area contributed by atoms with Crippen LogP contribution in [0.5, 0.6) is 0 Å². The molecule has 2 nitrogen and oxygen atoms in total. The van der Waals surface area contributed by atoms with E-state index in [2.05, 4.69) is 31.2 Å². The molecule has 0 aromatic heterocycles. The zero-order valence-corrected chi connectivity index (χ0v) is 9.57. The predicted molar refractivity (Wildman–Crippen MR) is 62.0 cm³/mol. The van der Waals surface area contributed by atoms with Crippen LogP contribution in [0.2, 0.25) is 0 Å². The molecular formula is C13H20O2. The molecule has 0 spiro atoms. The van der Waals surface area contributed by atoms with Gasteiger partial charge in [-0.15, -0.1) is 0 Å². The van der Waals surface area contributed by atoms with Gasteiger partial charge in [0, 0.05) is 6.61 Å². The van der Waals surface area contributed by atoms with Crippen LogP contribution in [0.15, 0.2) is 24.3 Å². The molecular weight excluding hydrogens is 188 g/mol. The van der Waals surface area contributed by atoms with Gasteiger partial charge in [-0.2, -0.15) is 0 Å². The molecule has 1 unspecified atom stereocenters. The molecule has 0 aliphatic carbocycles. The molecule has 1 atom stereocenters. The molecule has 0 fully saturated rings. The van der Waals surface area contributed by atoms with E-state index >= 15 is 0 Å².